The summed E-state index contributed by atoms with van der Waals surface area (Å²) in [5.74, 6) is -1.25. The van der Waals surface area contributed by atoms with E-state index >= 15 is 0 Å². The minimum absolute atomic E-state index is 0.0325. The van der Waals surface area contributed by atoms with E-state index in [9.17, 15) is 22.8 Å². The minimum atomic E-state index is -4.52. The van der Waals surface area contributed by atoms with Crippen LogP contribution in [0.1, 0.15) is 18.1 Å². The van der Waals surface area contributed by atoms with Gasteiger partial charge in [-0.1, -0.05) is 6.07 Å². The molecule has 0 aromatic heterocycles. The van der Waals surface area contributed by atoms with Gasteiger partial charge in [-0.3, -0.25) is 4.79 Å². The molecule has 0 saturated carbocycles. The molecule has 0 bridgehead atoms. The fraction of sp³-hybridized carbons (Fsp3) is 0.333. The molecule has 3 N–H and O–H groups in total. The number of aryl methyl sites for hydroxylation is 1. The molecule has 5 nitrogen and oxygen atoms in total. The van der Waals surface area contributed by atoms with Crippen LogP contribution in [0, 0.1) is 6.92 Å². The number of nitrogens with one attached hydrogen (secondary N) is 2. The van der Waals surface area contributed by atoms with Gasteiger partial charge in [-0.25, -0.2) is 4.79 Å². The maximum atomic E-state index is 12.5. The van der Waals surface area contributed by atoms with Crippen LogP contribution in [-0.4, -0.2) is 23.1 Å². The first kappa shape index (κ1) is 15.8. The van der Waals surface area contributed by atoms with Crippen molar-refractivity contribution < 1.29 is 27.9 Å². The molecule has 8 heteroatoms. The van der Waals surface area contributed by atoms with Crippen LogP contribution >= 0.6 is 0 Å². The van der Waals surface area contributed by atoms with Crippen LogP contribution in [0.3, 0.4) is 0 Å². The number of carbonyl (C=O) groups is 2. The molecule has 110 valence electrons. The lowest BCUT2D eigenvalue weighted by atomic mass is 10.1. The Hall–Kier alpha value is -2.25. The zero-order valence-electron chi connectivity index (χ0n) is 10.7. The first-order valence-electron chi connectivity index (χ1n) is 5.59. The summed E-state index contributed by atoms with van der Waals surface area (Å²) in [6, 6.07) is 0.876. The summed E-state index contributed by atoms with van der Waals surface area (Å²) in [5, 5.41) is 12.9. The number of carboxylic acid groups (broad SMARTS) is 1. The molecule has 20 heavy (non-hydrogen) atoms. The Balaban J connectivity index is 2.87. The topological polar surface area (TPSA) is 78.4 Å². The Bertz CT molecular complexity index is 529. The number of benzene rings is 1. The van der Waals surface area contributed by atoms with Gasteiger partial charge in [-0.15, -0.1) is 0 Å². The number of anilines is 1. The molecule has 0 aliphatic heterocycles. The number of rotatable bonds is 3. The fourth-order valence-electron chi connectivity index (χ4n) is 1.35. The summed E-state index contributed by atoms with van der Waals surface area (Å²) < 4.78 is 37.6. The maximum absolute atomic E-state index is 12.5. The smallest absolute Gasteiger partial charge is 0.416 e. The molecule has 1 aromatic rings. The van der Waals surface area contributed by atoms with Gasteiger partial charge >= 0.3 is 18.2 Å². The highest BCUT2D eigenvalue weighted by Crippen LogP contribution is 2.31. The molecule has 1 rings (SSSR count). The molecule has 1 aromatic carbocycles. The van der Waals surface area contributed by atoms with Gasteiger partial charge in [0, 0.05) is 5.69 Å². The normalized spacial score (nSPS) is 12.7. The van der Waals surface area contributed by atoms with E-state index < -0.39 is 29.8 Å². The van der Waals surface area contributed by atoms with E-state index in [0.29, 0.717) is 5.56 Å². The van der Waals surface area contributed by atoms with Crippen molar-refractivity contribution in [3.63, 3.8) is 0 Å². The lowest BCUT2D eigenvalue weighted by molar-refractivity contribution is -0.139. The molecule has 0 radical (unpaired) electrons. The number of aliphatic carboxylic acids is 1. The SMILES string of the molecule is Cc1ccc(C(F)(F)F)cc1NC(=O)NC(C)C(=O)O. The fourth-order valence-corrected chi connectivity index (χ4v) is 1.35. The Morgan fingerprint density at radius 1 is 1.30 bits per heavy atom. The molecule has 0 fully saturated rings. The van der Waals surface area contributed by atoms with Crippen LogP contribution in [-0.2, 0) is 11.0 Å². The lowest BCUT2D eigenvalue weighted by Gasteiger charge is -2.14. The lowest BCUT2D eigenvalue weighted by Crippen LogP contribution is -2.41. The van der Waals surface area contributed by atoms with Crippen LogP contribution in [0.25, 0.3) is 0 Å². The zero-order chi connectivity index (χ0) is 15.5. The highest BCUT2D eigenvalue weighted by molar-refractivity contribution is 5.92. The van der Waals surface area contributed by atoms with E-state index in [1.807, 2.05) is 0 Å². The molecule has 0 saturated heterocycles. The van der Waals surface area contributed by atoms with E-state index in [4.69, 9.17) is 5.11 Å². The predicted octanol–water partition coefficient (Wildman–Crippen LogP) is 2.61. The molecule has 2 amide bonds. The number of amides is 2. The number of carboxylic acids is 1. The van der Waals surface area contributed by atoms with Crippen molar-refractivity contribution in [3.05, 3.63) is 29.3 Å². The molecule has 0 aliphatic carbocycles. The Morgan fingerprint density at radius 2 is 1.90 bits per heavy atom. The summed E-state index contributed by atoms with van der Waals surface area (Å²) in [6.45, 7) is 2.76. The van der Waals surface area contributed by atoms with Crippen LogP contribution in [0.4, 0.5) is 23.7 Å². The number of hydrogen-bond acceptors (Lipinski definition) is 2. The van der Waals surface area contributed by atoms with Crippen molar-refractivity contribution in [2.75, 3.05) is 5.32 Å². The Labute approximate surface area is 112 Å². The average molecular weight is 290 g/mol. The van der Waals surface area contributed by atoms with Gasteiger partial charge in [0.05, 0.1) is 5.56 Å². The second-order valence-corrected chi connectivity index (χ2v) is 4.19. The third-order valence-electron chi connectivity index (χ3n) is 2.53. The van der Waals surface area contributed by atoms with Gasteiger partial charge in [-0.05, 0) is 31.5 Å². The first-order valence-corrected chi connectivity index (χ1v) is 5.59. The van der Waals surface area contributed by atoms with Gasteiger partial charge in [0.15, 0.2) is 0 Å². The summed E-state index contributed by atoms with van der Waals surface area (Å²) in [4.78, 5) is 22.0. The second kappa shape index (κ2) is 5.81. The molecule has 0 heterocycles. The largest absolute Gasteiger partial charge is 0.480 e. The predicted molar refractivity (Wildman–Crippen MR) is 65.4 cm³/mol. The Kier molecular flexibility index (Phi) is 4.59. The third kappa shape index (κ3) is 4.15. The van der Waals surface area contributed by atoms with Crippen LogP contribution in [0.2, 0.25) is 0 Å². The van der Waals surface area contributed by atoms with E-state index in [1.165, 1.54) is 19.9 Å². The van der Waals surface area contributed by atoms with Gasteiger partial charge in [-0.2, -0.15) is 13.2 Å². The molecule has 1 atom stereocenters. The van der Waals surface area contributed by atoms with Gasteiger partial charge < -0.3 is 15.7 Å². The van der Waals surface area contributed by atoms with Crippen molar-refractivity contribution in [2.24, 2.45) is 0 Å². The summed E-state index contributed by atoms with van der Waals surface area (Å²) >= 11 is 0. The molecular weight excluding hydrogens is 277 g/mol. The summed E-state index contributed by atoms with van der Waals surface area (Å²) in [6.07, 6.45) is -4.52. The molecule has 0 aliphatic rings. The highest BCUT2D eigenvalue weighted by atomic mass is 19.4. The monoisotopic (exact) mass is 290 g/mol. The number of carbonyl (C=O) groups excluding carboxylic acids is 1. The summed E-state index contributed by atoms with van der Waals surface area (Å²) in [7, 11) is 0. The van der Waals surface area contributed by atoms with Crippen molar-refractivity contribution in [3.8, 4) is 0 Å². The van der Waals surface area contributed by atoms with Gasteiger partial charge in [0.2, 0.25) is 0 Å². The number of hydrogen-bond donors (Lipinski definition) is 3. The van der Waals surface area contributed by atoms with Crippen LogP contribution in [0.5, 0.6) is 0 Å². The molecular formula is C12H13F3N2O3. The molecule has 0 spiro atoms. The van der Waals surface area contributed by atoms with Crippen LogP contribution < -0.4 is 10.6 Å². The third-order valence-corrected chi connectivity index (χ3v) is 2.53. The van der Waals surface area contributed by atoms with Crippen molar-refractivity contribution in [2.45, 2.75) is 26.1 Å². The Morgan fingerprint density at radius 3 is 2.40 bits per heavy atom. The first-order chi connectivity index (χ1) is 9.11. The minimum Gasteiger partial charge on any atom is -0.480 e. The quantitative estimate of drug-likeness (QED) is 0.800. The van der Waals surface area contributed by atoms with Crippen LogP contribution in [0.15, 0.2) is 18.2 Å². The van der Waals surface area contributed by atoms with E-state index in [2.05, 4.69) is 10.6 Å². The van der Waals surface area contributed by atoms with Gasteiger partial charge in [0.1, 0.15) is 6.04 Å². The second-order valence-electron chi connectivity index (χ2n) is 4.19. The number of halogens is 3. The summed E-state index contributed by atoms with van der Waals surface area (Å²) in [5.41, 5.74) is -0.504. The highest BCUT2D eigenvalue weighted by Gasteiger charge is 2.31. The number of urea groups is 1. The van der Waals surface area contributed by atoms with E-state index in [0.717, 1.165) is 12.1 Å². The standard InChI is InChI=1S/C12H13F3N2O3/c1-6-3-4-8(12(13,14)15)5-9(6)17-11(20)16-7(2)10(18)19/h3-5,7H,1-2H3,(H,18,19)(H2,16,17,20). The van der Waals surface area contributed by atoms with Crippen molar-refractivity contribution in [1.29, 1.82) is 0 Å². The number of alkyl halides is 3. The zero-order valence-corrected chi connectivity index (χ0v) is 10.7. The van der Waals surface area contributed by atoms with Crippen molar-refractivity contribution in [1.82, 2.24) is 5.32 Å². The molecule has 1 unspecified atom stereocenters. The van der Waals surface area contributed by atoms with E-state index in [-0.39, 0.29) is 5.69 Å². The maximum Gasteiger partial charge on any atom is 0.416 e. The van der Waals surface area contributed by atoms with Gasteiger partial charge in [0.25, 0.3) is 0 Å². The average Bonchev–Trinajstić information content (AvgIpc) is 2.30. The van der Waals surface area contributed by atoms with E-state index in [1.54, 1.807) is 0 Å². The van der Waals surface area contributed by atoms with Crippen molar-refractivity contribution >= 4 is 17.7 Å².